The SMILES string of the molecule is CC.CCCc1nccn1C. The topological polar surface area (TPSA) is 17.8 Å². The van der Waals surface area contributed by atoms with Crippen molar-refractivity contribution in [3.8, 4) is 0 Å². The van der Waals surface area contributed by atoms with E-state index in [-0.39, 0.29) is 0 Å². The smallest absolute Gasteiger partial charge is 0.108 e. The van der Waals surface area contributed by atoms with Gasteiger partial charge >= 0.3 is 0 Å². The minimum Gasteiger partial charge on any atom is -0.338 e. The van der Waals surface area contributed by atoms with Crippen LogP contribution in [0.3, 0.4) is 0 Å². The Labute approximate surface area is 69.3 Å². The molecule has 0 atom stereocenters. The Hall–Kier alpha value is -0.790. The summed E-state index contributed by atoms with van der Waals surface area (Å²) in [6.07, 6.45) is 6.07. The number of hydrogen-bond donors (Lipinski definition) is 0. The van der Waals surface area contributed by atoms with Crippen molar-refractivity contribution >= 4 is 0 Å². The van der Waals surface area contributed by atoms with Crippen molar-refractivity contribution in [2.24, 2.45) is 7.05 Å². The van der Waals surface area contributed by atoms with Gasteiger partial charge < -0.3 is 4.57 Å². The molecule has 1 rings (SSSR count). The van der Waals surface area contributed by atoms with Crippen LogP contribution in [-0.2, 0) is 13.5 Å². The summed E-state index contributed by atoms with van der Waals surface area (Å²) in [6, 6.07) is 0. The molecule has 1 heterocycles. The van der Waals surface area contributed by atoms with Crippen LogP contribution < -0.4 is 0 Å². The second kappa shape index (κ2) is 5.96. The molecule has 0 bridgehead atoms. The molecular weight excluding hydrogens is 136 g/mol. The van der Waals surface area contributed by atoms with Crippen LogP contribution in [0.5, 0.6) is 0 Å². The fourth-order valence-corrected chi connectivity index (χ4v) is 0.861. The standard InChI is InChI=1S/C7H12N2.C2H6/c1-3-4-7-8-5-6-9(7)2;1-2/h5-6H,3-4H2,1-2H3;1-2H3. The van der Waals surface area contributed by atoms with Gasteiger partial charge in [-0.3, -0.25) is 0 Å². The van der Waals surface area contributed by atoms with Crippen molar-refractivity contribution in [1.29, 1.82) is 0 Å². The lowest BCUT2D eigenvalue weighted by Gasteiger charge is -1.95. The van der Waals surface area contributed by atoms with Crippen LogP contribution in [0.15, 0.2) is 12.4 Å². The van der Waals surface area contributed by atoms with Crippen LogP contribution in [0, 0.1) is 0 Å². The van der Waals surface area contributed by atoms with Gasteiger partial charge in [-0.25, -0.2) is 4.98 Å². The first-order valence-corrected chi connectivity index (χ1v) is 4.30. The summed E-state index contributed by atoms with van der Waals surface area (Å²) >= 11 is 0. The number of hydrogen-bond acceptors (Lipinski definition) is 1. The van der Waals surface area contributed by atoms with Crippen molar-refractivity contribution in [2.75, 3.05) is 0 Å². The predicted octanol–water partition coefficient (Wildman–Crippen LogP) is 2.40. The molecule has 0 unspecified atom stereocenters. The molecule has 0 aromatic carbocycles. The van der Waals surface area contributed by atoms with Crippen LogP contribution in [0.1, 0.15) is 33.0 Å². The van der Waals surface area contributed by atoms with Gasteiger partial charge in [0, 0.05) is 25.9 Å². The van der Waals surface area contributed by atoms with E-state index in [1.165, 1.54) is 12.2 Å². The van der Waals surface area contributed by atoms with Crippen LogP contribution in [0.4, 0.5) is 0 Å². The second-order valence-corrected chi connectivity index (χ2v) is 2.20. The zero-order valence-corrected chi connectivity index (χ0v) is 7.96. The van der Waals surface area contributed by atoms with Gasteiger partial charge in [-0.15, -0.1) is 0 Å². The predicted molar refractivity (Wildman–Crippen MR) is 48.6 cm³/mol. The third-order valence-corrected chi connectivity index (χ3v) is 1.39. The summed E-state index contributed by atoms with van der Waals surface area (Å²) in [6.45, 7) is 6.16. The lowest BCUT2D eigenvalue weighted by molar-refractivity contribution is 0.759. The monoisotopic (exact) mass is 154 g/mol. The minimum atomic E-state index is 1.09. The van der Waals surface area contributed by atoms with E-state index in [0.29, 0.717) is 0 Å². The highest BCUT2D eigenvalue weighted by Gasteiger charge is 1.93. The maximum absolute atomic E-state index is 4.17. The van der Waals surface area contributed by atoms with Gasteiger partial charge in [-0.2, -0.15) is 0 Å². The zero-order valence-electron chi connectivity index (χ0n) is 7.96. The van der Waals surface area contributed by atoms with E-state index >= 15 is 0 Å². The number of nitrogens with zero attached hydrogens (tertiary/aromatic N) is 2. The Morgan fingerprint density at radius 1 is 1.45 bits per heavy atom. The molecule has 0 saturated carbocycles. The maximum Gasteiger partial charge on any atom is 0.108 e. The lowest BCUT2D eigenvalue weighted by Crippen LogP contribution is -1.95. The van der Waals surface area contributed by atoms with Gasteiger partial charge in [0.25, 0.3) is 0 Å². The lowest BCUT2D eigenvalue weighted by atomic mass is 10.3. The van der Waals surface area contributed by atoms with Crippen LogP contribution >= 0.6 is 0 Å². The molecule has 0 aliphatic heterocycles. The Kier molecular flexibility index (Phi) is 5.53. The average Bonchev–Trinajstić information content (AvgIpc) is 2.42. The highest BCUT2D eigenvalue weighted by atomic mass is 15.0. The van der Waals surface area contributed by atoms with Gasteiger partial charge in [0.2, 0.25) is 0 Å². The fraction of sp³-hybridized carbons (Fsp3) is 0.667. The first-order chi connectivity index (χ1) is 5.34. The second-order valence-electron chi connectivity index (χ2n) is 2.20. The van der Waals surface area contributed by atoms with Gasteiger partial charge in [0.05, 0.1) is 0 Å². The van der Waals surface area contributed by atoms with Crippen molar-refractivity contribution in [3.05, 3.63) is 18.2 Å². The van der Waals surface area contributed by atoms with Crippen molar-refractivity contribution in [3.63, 3.8) is 0 Å². The van der Waals surface area contributed by atoms with Crippen LogP contribution in [0.2, 0.25) is 0 Å². The Bertz CT molecular complexity index is 179. The average molecular weight is 154 g/mol. The van der Waals surface area contributed by atoms with E-state index in [1.807, 2.05) is 33.3 Å². The van der Waals surface area contributed by atoms with Crippen LogP contribution in [-0.4, -0.2) is 9.55 Å². The minimum absolute atomic E-state index is 1.09. The van der Waals surface area contributed by atoms with Gasteiger partial charge in [-0.05, 0) is 6.42 Å². The van der Waals surface area contributed by atoms with Crippen molar-refractivity contribution < 1.29 is 0 Å². The van der Waals surface area contributed by atoms with Gasteiger partial charge in [0.15, 0.2) is 0 Å². The Morgan fingerprint density at radius 3 is 2.45 bits per heavy atom. The molecule has 0 spiro atoms. The number of rotatable bonds is 2. The summed E-state index contributed by atoms with van der Waals surface area (Å²) in [4.78, 5) is 4.17. The number of imidazole rings is 1. The summed E-state index contributed by atoms with van der Waals surface area (Å²) in [5.74, 6) is 1.18. The normalized spacial score (nSPS) is 8.73. The molecule has 0 aliphatic carbocycles. The maximum atomic E-state index is 4.17. The summed E-state index contributed by atoms with van der Waals surface area (Å²) in [7, 11) is 2.03. The van der Waals surface area contributed by atoms with Crippen LogP contribution in [0.25, 0.3) is 0 Å². The molecular formula is C9H18N2. The summed E-state index contributed by atoms with van der Waals surface area (Å²) in [5.41, 5.74) is 0. The quantitative estimate of drug-likeness (QED) is 0.639. The largest absolute Gasteiger partial charge is 0.338 e. The van der Waals surface area contributed by atoms with Crippen molar-refractivity contribution in [2.45, 2.75) is 33.6 Å². The van der Waals surface area contributed by atoms with Gasteiger partial charge in [0.1, 0.15) is 5.82 Å². The fourth-order valence-electron chi connectivity index (χ4n) is 0.861. The highest BCUT2D eigenvalue weighted by molar-refractivity contribution is 4.90. The van der Waals surface area contributed by atoms with E-state index < -0.39 is 0 Å². The molecule has 0 N–H and O–H groups in total. The van der Waals surface area contributed by atoms with E-state index in [4.69, 9.17) is 0 Å². The van der Waals surface area contributed by atoms with E-state index in [0.717, 1.165) is 6.42 Å². The van der Waals surface area contributed by atoms with Crippen molar-refractivity contribution in [1.82, 2.24) is 9.55 Å². The van der Waals surface area contributed by atoms with E-state index in [1.54, 1.807) is 0 Å². The molecule has 2 nitrogen and oxygen atoms in total. The zero-order chi connectivity index (χ0) is 8.69. The molecule has 0 fully saturated rings. The van der Waals surface area contributed by atoms with E-state index in [9.17, 15) is 0 Å². The molecule has 11 heavy (non-hydrogen) atoms. The molecule has 64 valence electrons. The molecule has 0 amide bonds. The summed E-state index contributed by atoms with van der Waals surface area (Å²) in [5, 5.41) is 0. The Balaban J connectivity index is 0.000000461. The third-order valence-electron chi connectivity index (χ3n) is 1.39. The molecule has 1 aromatic rings. The van der Waals surface area contributed by atoms with E-state index in [2.05, 4.69) is 16.5 Å². The van der Waals surface area contributed by atoms with Gasteiger partial charge in [-0.1, -0.05) is 20.8 Å². The molecule has 0 radical (unpaired) electrons. The molecule has 0 saturated heterocycles. The number of aromatic nitrogens is 2. The first-order valence-electron chi connectivity index (χ1n) is 4.30. The Morgan fingerprint density at radius 2 is 2.09 bits per heavy atom. The molecule has 1 aromatic heterocycles. The third kappa shape index (κ3) is 3.21. The first kappa shape index (κ1) is 10.2. The molecule has 0 aliphatic rings. The molecule has 2 heteroatoms. The highest BCUT2D eigenvalue weighted by Crippen LogP contribution is 1.96. The number of aryl methyl sites for hydroxylation is 2. The summed E-state index contributed by atoms with van der Waals surface area (Å²) < 4.78 is 2.06.